The van der Waals surface area contributed by atoms with Crippen LogP contribution in [0, 0.1) is 23.6 Å². The van der Waals surface area contributed by atoms with Gasteiger partial charge in [0.05, 0.1) is 12.1 Å². The summed E-state index contributed by atoms with van der Waals surface area (Å²) in [5.74, 6) is 5.52. The number of amides is 1. The van der Waals surface area contributed by atoms with Crippen LogP contribution in [0.4, 0.5) is 4.39 Å². The number of hydrogen-bond donors (Lipinski definition) is 1. The summed E-state index contributed by atoms with van der Waals surface area (Å²) in [6.45, 7) is 0.933. The minimum Gasteiger partial charge on any atom is -0.341 e. The maximum atomic E-state index is 13.2. The molecular formula is C15H17FN2O. The minimum atomic E-state index is -0.400. The van der Waals surface area contributed by atoms with Gasteiger partial charge in [0.2, 0.25) is 0 Å². The summed E-state index contributed by atoms with van der Waals surface area (Å²) in [7, 11) is 1.77. The van der Waals surface area contributed by atoms with Crippen molar-refractivity contribution in [3.63, 3.8) is 0 Å². The summed E-state index contributed by atoms with van der Waals surface area (Å²) in [6, 6.07) is 4.05. The quantitative estimate of drug-likeness (QED) is 0.839. The van der Waals surface area contributed by atoms with Crippen LogP contribution in [-0.4, -0.2) is 30.9 Å². The third-order valence-corrected chi connectivity index (χ3v) is 3.11. The molecule has 0 aromatic heterocycles. The number of carbonyl (C=O) groups excluding carboxylic acids is 1. The maximum Gasteiger partial charge on any atom is 0.254 e. The van der Waals surface area contributed by atoms with E-state index in [0.29, 0.717) is 17.0 Å². The highest BCUT2D eigenvalue weighted by Crippen LogP contribution is 2.29. The third kappa shape index (κ3) is 3.55. The first-order valence-electron chi connectivity index (χ1n) is 6.35. The number of rotatable bonds is 3. The van der Waals surface area contributed by atoms with Crippen LogP contribution in [0.2, 0.25) is 0 Å². The van der Waals surface area contributed by atoms with E-state index in [1.807, 2.05) is 0 Å². The van der Waals surface area contributed by atoms with Gasteiger partial charge < -0.3 is 10.6 Å². The van der Waals surface area contributed by atoms with E-state index in [0.717, 1.165) is 6.54 Å². The average molecular weight is 260 g/mol. The molecule has 0 bridgehead atoms. The number of nitrogens with two attached hydrogens (primary N) is 1. The van der Waals surface area contributed by atoms with Gasteiger partial charge in [-0.05, 0) is 37.0 Å². The van der Waals surface area contributed by atoms with E-state index in [9.17, 15) is 9.18 Å². The molecule has 1 fully saturated rings. The topological polar surface area (TPSA) is 46.3 Å². The van der Waals surface area contributed by atoms with Crippen molar-refractivity contribution in [2.75, 3.05) is 20.1 Å². The molecule has 0 heterocycles. The predicted octanol–water partition coefficient (Wildman–Crippen LogP) is 1.62. The fourth-order valence-electron chi connectivity index (χ4n) is 1.93. The lowest BCUT2D eigenvalue weighted by Gasteiger charge is -2.17. The van der Waals surface area contributed by atoms with E-state index < -0.39 is 5.82 Å². The van der Waals surface area contributed by atoms with Gasteiger partial charge >= 0.3 is 0 Å². The maximum absolute atomic E-state index is 13.2. The zero-order valence-electron chi connectivity index (χ0n) is 10.9. The Hall–Kier alpha value is -1.86. The number of carbonyl (C=O) groups is 1. The number of halogens is 1. The molecule has 2 N–H and O–H groups in total. The zero-order valence-corrected chi connectivity index (χ0v) is 10.9. The Morgan fingerprint density at radius 2 is 2.26 bits per heavy atom. The van der Waals surface area contributed by atoms with E-state index >= 15 is 0 Å². The predicted molar refractivity (Wildman–Crippen MR) is 72.0 cm³/mol. The normalized spacial score (nSPS) is 13.6. The fraction of sp³-hybridized carbons (Fsp3) is 0.400. The van der Waals surface area contributed by atoms with Crippen LogP contribution in [0.15, 0.2) is 18.2 Å². The van der Waals surface area contributed by atoms with Crippen molar-refractivity contribution in [1.29, 1.82) is 0 Å². The first kappa shape index (κ1) is 13.6. The average Bonchev–Trinajstić information content (AvgIpc) is 3.19. The molecule has 19 heavy (non-hydrogen) atoms. The van der Waals surface area contributed by atoms with Crippen LogP contribution in [0.1, 0.15) is 28.8 Å². The molecule has 0 unspecified atom stereocenters. The van der Waals surface area contributed by atoms with E-state index in [4.69, 9.17) is 5.73 Å². The third-order valence-electron chi connectivity index (χ3n) is 3.11. The van der Waals surface area contributed by atoms with Crippen LogP contribution in [-0.2, 0) is 0 Å². The van der Waals surface area contributed by atoms with Crippen LogP contribution >= 0.6 is 0 Å². The van der Waals surface area contributed by atoms with Gasteiger partial charge in [0.15, 0.2) is 0 Å². The molecular weight excluding hydrogens is 243 g/mol. The van der Waals surface area contributed by atoms with Gasteiger partial charge in [-0.1, -0.05) is 11.8 Å². The fourth-order valence-corrected chi connectivity index (χ4v) is 1.93. The summed E-state index contributed by atoms with van der Waals surface area (Å²) in [5, 5.41) is 0. The molecule has 1 aliphatic rings. The molecule has 0 spiro atoms. The zero-order chi connectivity index (χ0) is 13.8. The molecule has 1 aliphatic carbocycles. The molecule has 0 saturated heterocycles. The highest BCUT2D eigenvalue weighted by molar-refractivity contribution is 5.96. The molecule has 100 valence electrons. The standard InChI is InChI=1S/C15H17FN2O/c1-18(10-11-4-5-11)15(19)14-7-6-13(16)9-12(14)3-2-8-17/h6-7,9,11H,4-5,8,10,17H2,1H3. The van der Waals surface area contributed by atoms with Crippen molar-refractivity contribution in [3.05, 3.63) is 35.1 Å². The summed E-state index contributed by atoms with van der Waals surface area (Å²) in [5.41, 5.74) is 6.15. The summed E-state index contributed by atoms with van der Waals surface area (Å²) >= 11 is 0. The summed E-state index contributed by atoms with van der Waals surface area (Å²) < 4.78 is 13.2. The van der Waals surface area contributed by atoms with Crippen LogP contribution in [0.3, 0.4) is 0 Å². The Balaban J connectivity index is 2.23. The second-order valence-electron chi connectivity index (χ2n) is 4.82. The monoisotopic (exact) mass is 260 g/mol. The first-order chi connectivity index (χ1) is 9.11. The van der Waals surface area contributed by atoms with Crippen molar-refractivity contribution in [3.8, 4) is 11.8 Å². The molecule has 1 saturated carbocycles. The van der Waals surface area contributed by atoms with Crippen molar-refractivity contribution < 1.29 is 9.18 Å². The van der Waals surface area contributed by atoms with Crippen LogP contribution in [0.25, 0.3) is 0 Å². The Morgan fingerprint density at radius 3 is 2.89 bits per heavy atom. The lowest BCUT2D eigenvalue weighted by atomic mass is 10.1. The van der Waals surface area contributed by atoms with Crippen molar-refractivity contribution in [1.82, 2.24) is 4.90 Å². The van der Waals surface area contributed by atoms with Gasteiger partial charge in [-0.3, -0.25) is 4.79 Å². The molecule has 0 radical (unpaired) electrons. The molecule has 1 aromatic carbocycles. The molecule has 3 nitrogen and oxygen atoms in total. The second kappa shape index (κ2) is 5.85. The molecule has 0 aliphatic heterocycles. The number of benzene rings is 1. The first-order valence-corrected chi connectivity index (χ1v) is 6.35. The summed E-state index contributed by atoms with van der Waals surface area (Å²) in [4.78, 5) is 14.0. The SMILES string of the molecule is CN(CC1CC1)C(=O)c1ccc(F)cc1C#CCN. The highest BCUT2D eigenvalue weighted by atomic mass is 19.1. The minimum absolute atomic E-state index is 0.117. The number of nitrogens with zero attached hydrogens (tertiary/aromatic N) is 1. The van der Waals surface area contributed by atoms with Crippen LogP contribution in [0.5, 0.6) is 0 Å². The van der Waals surface area contributed by atoms with Crippen LogP contribution < -0.4 is 5.73 Å². The lowest BCUT2D eigenvalue weighted by Crippen LogP contribution is -2.29. The highest BCUT2D eigenvalue weighted by Gasteiger charge is 2.26. The van der Waals surface area contributed by atoms with E-state index in [-0.39, 0.29) is 12.5 Å². The van der Waals surface area contributed by atoms with Crippen molar-refractivity contribution in [2.24, 2.45) is 11.7 Å². The molecule has 4 heteroatoms. The molecule has 0 atom stereocenters. The van der Waals surface area contributed by atoms with Gasteiger partial charge in [0.25, 0.3) is 5.91 Å². The van der Waals surface area contributed by atoms with Gasteiger partial charge in [0.1, 0.15) is 5.82 Å². The van der Waals surface area contributed by atoms with Gasteiger partial charge in [-0.2, -0.15) is 0 Å². The van der Waals surface area contributed by atoms with Gasteiger partial charge in [-0.25, -0.2) is 4.39 Å². The van der Waals surface area contributed by atoms with E-state index in [1.165, 1.54) is 31.0 Å². The van der Waals surface area contributed by atoms with Gasteiger partial charge in [-0.15, -0.1) is 0 Å². The Kier molecular flexibility index (Phi) is 4.18. The van der Waals surface area contributed by atoms with Crippen molar-refractivity contribution >= 4 is 5.91 Å². The summed E-state index contributed by atoms with van der Waals surface area (Å²) in [6.07, 6.45) is 2.36. The molecule has 2 rings (SSSR count). The molecule has 1 amide bonds. The molecule has 1 aromatic rings. The Morgan fingerprint density at radius 1 is 1.53 bits per heavy atom. The van der Waals surface area contributed by atoms with E-state index in [2.05, 4.69) is 11.8 Å². The smallest absolute Gasteiger partial charge is 0.254 e. The second-order valence-corrected chi connectivity index (χ2v) is 4.82. The van der Waals surface area contributed by atoms with E-state index in [1.54, 1.807) is 11.9 Å². The largest absolute Gasteiger partial charge is 0.341 e. The Labute approximate surface area is 112 Å². The van der Waals surface area contributed by atoms with Gasteiger partial charge in [0, 0.05) is 19.2 Å². The van der Waals surface area contributed by atoms with Crippen molar-refractivity contribution in [2.45, 2.75) is 12.8 Å². The number of hydrogen-bond acceptors (Lipinski definition) is 2. The lowest BCUT2D eigenvalue weighted by molar-refractivity contribution is 0.0788. The Bertz CT molecular complexity index is 541.